The monoisotopic (exact) mass is 436 g/mol. The highest BCUT2D eigenvalue weighted by atomic mass is 16.5. The third kappa shape index (κ3) is 4.93. The van der Waals surface area contributed by atoms with Crippen LogP contribution in [-0.4, -0.2) is 64.9 Å². The molecule has 7 nitrogen and oxygen atoms in total. The molecule has 0 aliphatic carbocycles. The van der Waals surface area contributed by atoms with Gasteiger partial charge >= 0.3 is 0 Å². The number of hydrogen-bond acceptors (Lipinski definition) is 5. The number of pyridine rings is 1. The van der Waals surface area contributed by atoms with E-state index in [9.17, 15) is 9.59 Å². The normalized spacial score (nSPS) is 20.7. The van der Waals surface area contributed by atoms with Crippen LogP contribution >= 0.6 is 0 Å². The Morgan fingerprint density at radius 2 is 2.00 bits per heavy atom. The van der Waals surface area contributed by atoms with Gasteiger partial charge in [-0.25, -0.2) is 0 Å². The summed E-state index contributed by atoms with van der Waals surface area (Å²) in [6.45, 7) is 7.63. The first-order valence-corrected chi connectivity index (χ1v) is 11.5. The second-order valence-electron chi connectivity index (χ2n) is 8.52. The van der Waals surface area contributed by atoms with Crippen molar-refractivity contribution in [3.8, 4) is 5.75 Å². The van der Waals surface area contributed by atoms with E-state index in [1.54, 1.807) is 24.2 Å². The van der Waals surface area contributed by atoms with Crippen LogP contribution in [0, 0.1) is 0 Å². The van der Waals surface area contributed by atoms with Gasteiger partial charge in [0.15, 0.2) is 6.10 Å². The summed E-state index contributed by atoms with van der Waals surface area (Å²) in [5, 5.41) is 0. The molecular weight excluding hydrogens is 404 g/mol. The molecule has 170 valence electrons. The Morgan fingerprint density at radius 3 is 2.78 bits per heavy atom. The first-order chi connectivity index (χ1) is 15.6. The van der Waals surface area contributed by atoms with Crippen molar-refractivity contribution in [1.82, 2.24) is 14.8 Å². The number of ether oxygens (including phenoxy) is 1. The number of aromatic nitrogens is 1. The number of likely N-dealkylation sites (N-methyl/N-ethyl adjacent to an activating group) is 1. The number of nitrogens with zero attached hydrogens (tertiary/aromatic N) is 4. The van der Waals surface area contributed by atoms with Crippen molar-refractivity contribution in [2.24, 2.45) is 0 Å². The van der Waals surface area contributed by atoms with Gasteiger partial charge in [-0.2, -0.15) is 0 Å². The molecule has 0 unspecified atom stereocenters. The van der Waals surface area contributed by atoms with Gasteiger partial charge in [-0.1, -0.05) is 19.1 Å². The molecule has 1 saturated heterocycles. The number of likely N-dealkylation sites (tertiary alicyclic amines) is 1. The molecule has 1 aromatic carbocycles. The lowest BCUT2D eigenvalue weighted by Gasteiger charge is -2.34. The lowest BCUT2D eigenvalue weighted by Crippen LogP contribution is -2.47. The fraction of sp³-hybridized carbons (Fsp3) is 0.480. The molecule has 0 bridgehead atoms. The minimum absolute atomic E-state index is 0.0641. The van der Waals surface area contributed by atoms with Crippen LogP contribution in [0.2, 0.25) is 0 Å². The average Bonchev–Trinajstić information content (AvgIpc) is 3.26. The number of benzene rings is 1. The van der Waals surface area contributed by atoms with E-state index in [1.165, 1.54) is 6.42 Å². The predicted molar refractivity (Wildman–Crippen MR) is 123 cm³/mol. The van der Waals surface area contributed by atoms with E-state index in [2.05, 4.69) is 16.8 Å². The van der Waals surface area contributed by atoms with E-state index in [0.29, 0.717) is 31.4 Å². The molecule has 2 aliphatic heterocycles. The molecule has 4 rings (SSSR count). The Bertz CT molecular complexity index is 936. The molecule has 2 aromatic rings. The first-order valence-electron chi connectivity index (χ1n) is 11.5. The Labute approximate surface area is 190 Å². The predicted octanol–water partition coefficient (Wildman–Crippen LogP) is 3.10. The fourth-order valence-corrected chi connectivity index (χ4v) is 4.69. The lowest BCUT2D eigenvalue weighted by atomic mass is 10.1. The molecule has 3 heterocycles. The molecule has 1 aromatic heterocycles. The summed E-state index contributed by atoms with van der Waals surface area (Å²) in [4.78, 5) is 36.4. The molecule has 1 fully saturated rings. The Kier molecular flexibility index (Phi) is 7.05. The zero-order valence-electron chi connectivity index (χ0n) is 18.9. The summed E-state index contributed by atoms with van der Waals surface area (Å²) in [6.07, 6.45) is 5.53. The van der Waals surface area contributed by atoms with Crippen LogP contribution in [0.25, 0.3) is 0 Å². The zero-order chi connectivity index (χ0) is 22.5. The Balaban J connectivity index is 1.47. The van der Waals surface area contributed by atoms with Gasteiger partial charge < -0.3 is 14.5 Å². The van der Waals surface area contributed by atoms with Crippen molar-refractivity contribution in [2.75, 3.05) is 31.1 Å². The number of para-hydroxylation sites is 2. The number of rotatable bonds is 8. The van der Waals surface area contributed by atoms with Gasteiger partial charge in [-0.05, 0) is 62.7 Å². The number of anilines is 1. The van der Waals surface area contributed by atoms with Gasteiger partial charge in [-0.15, -0.1) is 0 Å². The standard InChI is InChI=1S/C25H32N4O3/c1-3-27-15-6-7-21(27)18-28(17-20-10-13-26-14-11-20)24(30)12-16-29-22-8-4-5-9-23(22)32-19(2)25(29)31/h4-5,8-11,13-14,19,21H,3,6-7,12,15-18H2,1-2H3/t19-,21+/m0/s1. The summed E-state index contributed by atoms with van der Waals surface area (Å²) < 4.78 is 5.72. The van der Waals surface area contributed by atoms with Crippen molar-refractivity contribution in [2.45, 2.75) is 51.8 Å². The van der Waals surface area contributed by atoms with Crippen LogP contribution in [0.15, 0.2) is 48.8 Å². The van der Waals surface area contributed by atoms with Crippen molar-refractivity contribution >= 4 is 17.5 Å². The molecule has 2 amide bonds. The fourth-order valence-electron chi connectivity index (χ4n) is 4.69. The summed E-state index contributed by atoms with van der Waals surface area (Å²) in [5.41, 5.74) is 1.80. The van der Waals surface area contributed by atoms with Gasteiger partial charge in [0, 0.05) is 44.5 Å². The van der Waals surface area contributed by atoms with Crippen molar-refractivity contribution in [3.05, 3.63) is 54.4 Å². The largest absolute Gasteiger partial charge is 0.479 e. The maximum atomic E-state index is 13.4. The zero-order valence-corrected chi connectivity index (χ0v) is 18.9. The van der Waals surface area contributed by atoms with Gasteiger partial charge in [0.1, 0.15) is 5.75 Å². The average molecular weight is 437 g/mol. The molecule has 0 N–H and O–H groups in total. The second kappa shape index (κ2) is 10.1. The van der Waals surface area contributed by atoms with Gasteiger partial charge in [0.05, 0.1) is 5.69 Å². The van der Waals surface area contributed by atoms with Gasteiger partial charge in [-0.3, -0.25) is 19.5 Å². The lowest BCUT2D eigenvalue weighted by molar-refractivity contribution is -0.132. The van der Waals surface area contributed by atoms with E-state index >= 15 is 0 Å². The van der Waals surface area contributed by atoms with Gasteiger partial charge in [0.2, 0.25) is 5.91 Å². The van der Waals surface area contributed by atoms with Crippen LogP contribution in [0.5, 0.6) is 5.75 Å². The highest BCUT2D eigenvalue weighted by molar-refractivity contribution is 6.00. The number of amides is 2. The van der Waals surface area contributed by atoms with Crippen LogP contribution in [-0.2, 0) is 16.1 Å². The van der Waals surface area contributed by atoms with E-state index in [0.717, 1.165) is 30.8 Å². The summed E-state index contributed by atoms with van der Waals surface area (Å²) in [5.74, 6) is 0.643. The van der Waals surface area contributed by atoms with Crippen molar-refractivity contribution in [1.29, 1.82) is 0 Å². The smallest absolute Gasteiger partial charge is 0.267 e. The van der Waals surface area contributed by atoms with Gasteiger partial charge in [0.25, 0.3) is 5.91 Å². The molecule has 32 heavy (non-hydrogen) atoms. The number of carbonyl (C=O) groups excluding carboxylic acids is 2. The SMILES string of the molecule is CCN1CCC[C@@H]1CN(Cc1ccncc1)C(=O)CCN1C(=O)[C@H](C)Oc2ccccc21. The van der Waals surface area contributed by atoms with Crippen LogP contribution in [0.1, 0.15) is 38.7 Å². The number of fused-ring (bicyclic) bond motifs is 1. The van der Waals surface area contributed by atoms with Crippen molar-refractivity contribution in [3.63, 3.8) is 0 Å². The molecule has 0 radical (unpaired) electrons. The van der Waals surface area contributed by atoms with Crippen LogP contribution in [0.4, 0.5) is 5.69 Å². The maximum Gasteiger partial charge on any atom is 0.267 e. The van der Waals surface area contributed by atoms with Crippen molar-refractivity contribution < 1.29 is 14.3 Å². The maximum absolute atomic E-state index is 13.4. The quantitative estimate of drug-likeness (QED) is 0.636. The molecule has 0 saturated carbocycles. The summed E-state index contributed by atoms with van der Waals surface area (Å²) >= 11 is 0. The van der Waals surface area contributed by atoms with Crippen LogP contribution < -0.4 is 9.64 Å². The van der Waals surface area contributed by atoms with E-state index in [-0.39, 0.29) is 18.2 Å². The highest BCUT2D eigenvalue weighted by Gasteiger charge is 2.32. The third-order valence-electron chi connectivity index (χ3n) is 6.43. The highest BCUT2D eigenvalue weighted by Crippen LogP contribution is 2.33. The second-order valence-corrected chi connectivity index (χ2v) is 8.52. The minimum Gasteiger partial charge on any atom is -0.479 e. The van der Waals surface area contributed by atoms with E-state index < -0.39 is 6.10 Å². The molecule has 7 heteroatoms. The minimum atomic E-state index is -0.551. The number of hydrogen-bond donors (Lipinski definition) is 0. The van der Waals surface area contributed by atoms with E-state index in [1.807, 2.05) is 41.3 Å². The molecular formula is C25H32N4O3. The molecule has 2 aliphatic rings. The Hall–Kier alpha value is -2.93. The topological polar surface area (TPSA) is 66.0 Å². The first kappa shape index (κ1) is 22.3. The Morgan fingerprint density at radius 1 is 1.22 bits per heavy atom. The summed E-state index contributed by atoms with van der Waals surface area (Å²) in [7, 11) is 0. The molecule has 0 spiro atoms. The summed E-state index contributed by atoms with van der Waals surface area (Å²) in [6, 6.07) is 11.8. The van der Waals surface area contributed by atoms with E-state index in [4.69, 9.17) is 4.74 Å². The number of carbonyl (C=O) groups is 2. The van der Waals surface area contributed by atoms with Crippen LogP contribution in [0.3, 0.4) is 0 Å². The molecule has 2 atom stereocenters. The third-order valence-corrected chi connectivity index (χ3v) is 6.43.